The number of amides is 1. The van der Waals surface area contributed by atoms with Crippen LogP contribution in [0.25, 0.3) is 0 Å². The summed E-state index contributed by atoms with van der Waals surface area (Å²) in [6.07, 6.45) is 0.654. The number of carbonyl (C=O) groups excluding carboxylic acids is 1. The van der Waals surface area contributed by atoms with Gasteiger partial charge in [0.2, 0.25) is 10.0 Å². The molecule has 1 aromatic rings. The predicted octanol–water partition coefficient (Wildman–Crippen LogP) is 0.387. The van der Waals surface area contributed by atoms with Gasteiger partial charge in [-0.15, -0.1) is 0 Å². The Morgan fingerprint density at radius 1 is 1.35 bits per heavy atom. The van der Waals surface area contributed by atoms with Crippen molar-refractivity contribution >= 4 is 15.9 Å². The monoisotopic (exact) mass is 343 g/mol. The lowest BCUT2D eigenvalue weighted by molar-refractivity contribution is 0.0952. The van der Waals surface area contributed by atoms with Gasteiger partial charge in [0.05, 0.1) is 11.5 Å². The highest BCUT2D eigenvalue weighted by atomic mass is 32.2. The second-order valence-electron chi connectivity index (χ2n) is 5.39. The highest BCUT2D eigenvalue weighted by molar-refractivity contribution is 7.89. The summed E-state index contributed by atoms with van der Waals surface area (Å²) in [5, 5.41) is 2.75. The molecule has 130 valence electrons. The molecule has 0 aliphatic rings. The lowest BCUT2D eigenvalue weighted by atomic mass is 10.1. The summed E-state index contributed by atoms with van der Waals surface area (Å²) in [6, 6.07) is 4.47. The molecule has 0 heterocycles. The highest BCUT2D eigenvalue weighted by Crippen LogP contribution is 2.15. The number of nitrogens with two attached hydrogens (primary N) is 1. The Labute approximate surface area is 137 Å². The minimum absolute atomic E-state index is 0.00639. The van der Waals surface area contributed by atoms with Crippen LogP contribution in [0.2, 0.25) is 0 Å². The van der Waals surface area contributed by atoms with Crippen molar-refractivity contribution in [1.29, 1.82) is 0 Å². The van der Waals surface area contributed by atoms with Crippen molar-refractivity contribution in [3.05, 3.63) is 29.3 Å². The molecule has 7 nitrogen and oxygen atoms in total. The summed E-state index contributed by atoms with van der Waals surface area (Å²) in [5.41, 5.74) is 6.68. The molecule has 0 fully saturated rings. The van der Waals surface area contributed by atoms with Crippen LogP contribution < -0.4 is 15.8 Å². The number of hydrogen-bond donors (Lipinski definition) is 3. The van der Waals surface area contributed by atoms with E-state index in [1.807, 2.05) is 6.92 Å². The maximum atomic E-state index is 12.2. The van der Waals surface area contributed by atoms with Gasteiger partial charge in [0.25, 0.3) is 5.91 Å². The molecule has 1 atom stereocenters. The fourth-order valence-electron chi connectivity index (χ4n) is 1.88. The zero-order valence-electron chi connectivity index (χ0n) is 13.8. The minimum atomic E-state index is -3.67. The number of rotatable bonds is 9. The maximum Gasteiger partial charge on any atom is 0.251 e. The molecule has 8 heteroatoms. The molecule has 0 radical (unpaired) electrons. The van der Waals surface area contributed by atoms with E-state index < -0.39 is 10.0 Å². The van der Waals surface area contributed by atoms with Gasteiger partial charge >= 0.3 is 0 Å². The first-order valence-corrected chi connectivity index (χ1v) is 8.89. The second kappa shape index (κ2) is 8.97. The average molecular weight is 343 g/mol. The van der Waals surface area contributed by atoms with Gasteiger partial charge in [-0.05, 0) is 38.0 Å². The summed E-state index contributed by atoms with van der Waals surface area (Å²) in [5.74, 6) is -0.308. The summed E-state index contributed by atoms with van der Waals surface area (Å²) < 4.78 is 31.6. The third kappa shape index (κ3) is 6.26. The molecule has 1 unspecified atom stereocenters. The van der Waals surface area contributed by atoms with Gasteiger partial charge in [-0.1, -0.05) is 6.07 Å². The number of hydrogen-bond acceptors (Lipinski definition) is 5. The van der Waals surface area contributed by atoms with E-state index >= 15 is 0 Å². The van der Waals surface area contributed by atoms with Gasteiger partial charge in [-0.3, -0.25) is 4.79 Å². The first-order chi connectivity index (χ1) is 10.8. The Hall–Kier alpha value is -1.48. The third-order valence-electron chi connectivity index (χ3n) is 3.25. The Balaban J connectivity index is 2.88. The van der Waals surface area contributed by atoms with Crippen molar-refractivity contribution in [1.82, 2.24) is 10.0 Å². The van der Waals surface area contributed by atoms with Gasteiger partial charge in [0, 0.05) is 31.8 Å². The van der Waals surface area contributed by atoms with Crippen LogP contribution in [0.1, 0.15) is 29.3 Å². The fourth-order valence-corrected chi connectivity index (χ4v) is 2.92. The van der Waals surface area contributed by atoms with Gasteiger partial charge in [-0.2, -0.15) is 0 Å². The van der Waals surface area contributed by atoms with Crippen molar-refractivity contribution in [2.24, 2.45) is 5.73 Å². The molecule has 0 aromatic heterocycles. The summed E-state index contributed by atoms with van der Waals surface area (Å²) in [7, 11) is -2.18. The van der Waals surface area contributed by atoms with E-state index in [-0.39, 0.29) is 30.0 Å². The fraction of sp³-hybridized carbons (Fsp3) is 0.533. The van der Waals surface area contributed by atoms with Crippen LogP contribution in [-0.4, -0.2) is 47.2 Å². The molecule has 0 aliphatic heterocycles. The number of sulfonamides is 1. The van der Waals surface area contributed by atoms with E-state index in [4.69, 9.17) is 10.5 Å². The molecule has 0 aliphatic carbocycles. The number of ether oxygens (including phenoxy) is 1. The molecule has 1 amide bonds. The highest BCUT2D eigenvalue weighted by Gasteiger charge is 2.17. The van der Waals surface area contributed by atoms with Crippen molar-refractivity contribution in [3.63, 3.8) is 0 Å². The third-order valence-corrected chi connectivity index (χ3v) is 4.71. The largest absolute Gasteiger partial charge is 0.383 e. The molecule has 23 heavy (non-hydrogen) atoms. The van der Waals surface area contributed by atoms with Crippen LogP contribution in [-0.2, 0) is 14.8 Å². The summed E-state index contributed by atoms with van der Waals surface area (Å²) >= 11 is 0. The van der Waals surface area contributed by atoms with E-state index in [0.29, 0.717) is 24.1 Å². The predicted molar refractivity (Wildman–Crippen MR) is 88.8 cm³/mol. The zero-order chi connectivity index (χ0) is 17.5. The lowest BCUT2D eigenvalue weighted by Crippen LogP contribution is -2.30. The summed E-state index contributed by atoms with van der Waals surface area (Å²) in [6.45, 7) is 4.50. The molecule has 1 aromatic carbocycles. The van der Waals surface area contributed by atoms with E-state index in [1.165, 1.54) is 19.2 Å². The average Bonchev–Trinajstić information content (AvgIpc) is 2.47. The molecular formula is C15H25N3O4S. The standard InChI is InChI=1S/C15H25N3O4S/c1-11-4-5-13(23(20,21)18-8-9-22-3)10-14(11)15(19)17-7-6-12(2)16/h4-5,10,12,18H,6-9,16H2,1-3H3,(H,17,19). The Morgan fingerprint density at radius 2 is 2.04 bits per heavy atom. The minimum Gasteiger partial charge on any atom is -0.383 e. The van der Waals surface area contributed by atoms with Crippen molar-refractivity contribution < 1.29 is 17.9 Å². The van der Waals surface area contributed by atoms with Crippen LogP contribution in [0.5, 0.6) is 0 Å². The first-order valence-electron chi connectivity index (χ1n) is 7.41. The van der Waals surface area contributed by atoms with Crippen LogP contribution in [0.3, 0.4) is 0 Å². The van der Waals surface area contributed by atoms with Crippen LogP contribution in [0.4, 0.5) is 0 Å². The van der Waals surface area contributed by atoms with Crippen LogP contribution >= 0.6 is 0 Å². The molecule has 0 saturated heterocycles. The van der Waals surface area contributed by atoms with Gasteiger partial charge in [-0.25, -0.2) is 13.1 Å². The summed E-state index contributed by atoms with van der Waals surface area (Å²) in [4.78, 5) is 12.3. The van der Waals surface area contributed by atoms with E-state index in [0.717, 1.165) is 0 Å². The normalized spacial score (nSPS) is 12.9. The molecule has 1 rings (SSSR count). The quantitative estimate of drug-likeness (QED) is 0.562. The van der Waals surface area contributed by atoms with Crippen LogP contribution in [0, 0.1) is 6.92 Å². The van der Waals surface area contributed by atoms with E-state index in [1.54, 1.807) is 13.0 Å². The van der Waals surface area contributed by atoms with Crippen LogP contribution in [0.15, 0.2) is 23.1 Å². The zero-order valence-corrected chi connectivity index (χ0v) is 14.6. The number of benzene rings is 1. The molecular weight excluding hydrogens is 318 g/mol. The Bertz CT molecular complexity index is 630. The first kappa shape index (κ1) is 19.6. The van der Waals surface area contributed by atoms with Gasteiger partial charge < -0.3 is 15.8 Å². The number of methoxy groups -OCH3 is 1. The molecule has 0 saturated carbocycles. The van der Waals surface area contributed by atoms with E-state index in [2.05, 4.69) is 10.0 Å². The number of nitrogens with one attached hydrogen (secondary N) is 2. The SMILES string of the molecule is COCCNS(=O)(=O)c1ccc(C)c(C(=O)NCCC(C)N)c1. The topological polar surface area (TPSA) is 111 Å². The Kier molecular flexibility index (Phi) is 7.63. The number of aryl methyl sites for hydroxylation is 1. The maximum absolute atomic E-state index is 12.2. The van der Waals surface area contributed by atoms with Gasteiger partial charge in [0.1, 0.15) is 0 Å². The lowest BCUT2D eigenvalue weighted by Gasteiger charge is -2.12. The molecule has 4 N–H and O–H groups in total. The van der Waals surface area contributed by atoms with Crippen molar-refractivity contribution in [2.45, 2.75) is 31.2 Å². The Morgan fingerprint density at radius 3 is 2.65 bits per heavy atom. The smallest absolute Gasteiger partial charge is 0.251 e. The number of carbonyl (C=O) groups is 1. The van der Waals surface area contributed by atoms with E-state index in [9.17, 15) is 13.2 Å². The molecule has 0 spiro atoms. The molecule has 0 bridgehead atoms. The van der Waals surface area contributed by atoms with Crippen molar-refractivity contribution in [3.8, 4) is 0 Å². The van der Waals surface area contributed by atoms with Gasteiger partial charge in [0.15, 0.2) is 0 Å². The van der Waals surface area contributed by atoms with Crippen molar-refractivity contribution in [2.75, 3.05) is 26.8 Å². The second-order valence-corrected chi connectivity index (χ2v) is 7.16.